The van der Waals surface area contributed by atoms with Crippen LogP contribution in [0.4, 0.5) is 10.5 Å². The molecular weight excluding hydrogens is 492 g/mol. The largest absolute Gasteiger partial charge is 0.496 e. The summed E-state index contributed by atoms with van der Waals surface area (Å²) >= 11 is 6.70. The zero-order valence-corrected chi connectivity index (χ0v) is 24.0. The van der Waals surface area contributed by atoms with Gasteiger partial charge < -0.3 is 25.2 Å². The number of aryl methyl sites for hydroxylation is 1. The van der Waals surface area contributed by atoms with Crippen LogP contribution in [0.5, 0.6) is 5.75 Å². The Morgan fingerprint density at radius 3 is 2.24 bits per heavy atom. The Morgan fingerprint density at radius 1 is 1.05 bits per heavy atom. The molecule has 0 aliphatic heterocycles. The molecule has 0 fully saturated rings. The van der Waals surface area contributed by atoms with E-state index in [0.717, 1.165) is 24.0 Å². The van der Waals surface area contributed by atoms with Crippen LogP contribution in [0.15, 0.2) is 36.4 Å². The van der Waals surface area contributed by atoms with Gasteiger partial charge in [-0.05, 0) is 60.4 Å². The van der Waals surface area contributed by atoms with Crippen LogP contribution in [-0.2, 0) is 16.7 Å². The second-order valence-electron chi connectivity index (χ2n) is 11.1. The Labute approximate surface area is 225 Å². The number of amides is 2. The van der Waals surface area contributed by atoms with Gasteiger partial charge in [-0.2, -0.15) is 0 Å². The first-order valence-electron chi connectivity index (χ1n) is 12.5. The van der Waals surface area contributed by atoms with Crippen LogP contribution in [0.1, 0.15) is 69.4 Å². The fraction of sp³-hybridized carbons (Fsp3) is 0.517. The Morgan fingerprint density at radius 2 is 1.73 bits per heavy atom. The number of aliphatic hydroxyl groups is 1. The summed E-state index contributed by atoms with van der Waals surface area (Å²) in [5.41, 5.74) is 1.81. The van der Waals surface area contributed by atoms with Gasteiger partial charge in [-0.1, -0.05) is 58.4 Å². The first-order chi connectivity index (χ1) is 17.2. The highest BCUT2D eigenvalue weighted by Gasteiger charge is 2.39. The van der Waals surface area contributed by atoms with Gasteiger partial charge in [-0.3, -0.25) is 0 Å². The Hall–Kier alpha value is -2.77. The Balaban J connectivity index is 2.37. The summed E-state index contributed by atoms with van der Waals surface area (Å²) in [4.78, 5) is 25.2. The van der Waals surface area contributed by atoms with E-state index in [1.54, 1.807) is 12.1 Å². The van der Waals surface area contributed by atoms with Crippen LogP contribution in [0, 0.1) is 17.3 Å². The van der Waals surface area contributed by atoms with E-state index in [9.17, 15) is 14.7 Å². The highest BCUT2D eigenvalue weighted by Crippen LogP contribution is 2.37. The van der Waals surface area contributed by atoms with Crippen molar-refractivity contribution >= 4 is 29.3 Å². The van der Waals surface area contributed by atoms with Crippen molar-refractivity contribution in [1.82, 2.24) is 5.32 Å². The summed E-state index contributed by atoms with van der Waals surface area (Å²) in [5, 5.41) is 16.8. The van der Waals surface area contributed by atoms with Crippen molar-refractivity contribution in [3.8, 4) is 5.75 Å². The van der Waals surface area contributed by atoms with Crippen LogP contribution in [0.3, 0.4) is 0 Å². The summed E-state index contributed by atoms with van der Waals surface area (Å²) in [5.74, 6) is -0.480. The number of urea groups is 1. The fourth-order valence-electron chi connectivity index (χ4n) is 4.47. The molecule has 2 rings (SSSR count). The molecule has 0 aliphatic carbocycles. The molecule has 7 nitrogen and oxygen atoms in total. The number of hydrogen-bond acceptors (Lipinski definition) is 5. The first-order valence-corrected chi connectivity index (χ1v) is 12.9. The second kappa shape index (κ2) is 12.7. The van der Waals surface area contributed by atoms with Crippen molar-refractivity contribution < 1.29 is 24.2 Å². The molecule has 2 aromatic carbocycles. The first kappa shape index (κ1) is 30.5. The van der Waals surface area contributed by atoms with Gasteiger partial charge in [0.15, 0.2) is 0 Å². The number of ether oxygens (including phenoxy) is 2. The van der Waals surface area contributed by atoms with E-state index in [2.05, 4.69) is 31.4 Å². The highest BCUT2D eigenvalue weighted by atomic mass is 35.5. The van der Waals surface area contributed by atoms with Crippen molar-refractivity contribution in [1.29, 1.82) is 0 Å². The number of rotatable bonds is 10. The van der Waals surface area contributed by atoms with E-state index in [-0.39, 0.29) is 35.2 Å². The predicted octanol–water partition coefficient (Wildman–Crippen LogP) is 6.42. The zero-order valence-electron chi connectivity index (χ0n) is 23.2. The third kappa shape index (κ3) is 7.86. The fourth-order valence-corrected chi connectivity index (χ4v) is 4.74. The van der Waals surface area contributed by atoms with Gasteiger partial charge >= 0.3 is 12.0 Å². The number of hydrogen-bond donors (Lipinski definition) is 3. The predicted molar refractivity (Wildman–Crippen MR) is 148 cm³/mol. The van der Waals surface area contributed by atoms with Crippen LogP contribution in [0.25, 0.3) is 0 Å². The summed E-state index contributed by atoms with van der Waals surface area (Å²) in [6.07, 6.45) is 1.84. The van der Waals surface area contributed by atoms with Gasteiger partial charge in [0.05, 0.1) is 19.8 Å². The molecule has 1 unspecified atom stereocenters. The Bertz CT molecular complexity index is 1100. The number of benzene rings is 2. The molecule has 204 valence electrons. The summed E-state index contributed by atoms with van der Waals surface area (Å²) in [6, 6.07) is 10.1. The number of esters is 1. The highest BCUT2D eigenvalue weighted by molar-refractivity contribution is 6.31. The molecule has 8 heteroatoms. The molecular formula is C29H41ClN2O5. The lowest BCUT2D eigenvalue weighted by atomic mass is 9.74. The van der Waals surface area contributed by atoms with Crippen molar-refractivity contribution in [2.75, 3.05) is 26.1 Å². The number of nitrogens with one attached hydrogen (secondary N) is 2. The molecule has 2 amide bonds. The third-order valence-corrected chi connectivity index (χ3v) is 7.13. The average molecular weight is 533 g/mol. The van der Waals surface area contributed by atoms with E-state index in [1.165, 1.54) is 20.3 Å². The molecule has 2 atom stereocenters. The molecule has 0 saturated carbocycles. The van der Waals surface area contributed by atoms with E-state index < -0.39 is 17.5 Å². The monoisotopic (exact) mass is 532 g/mol. The lowest BCUT2D eigenvalue weighted by molar-refractivity contribution is 0.0597. The normalized spacial score (nSPS) is 14.0. The smallest absolute Gasteiger partial charge is 0.341 e. The molecule has 0 bridgehead atoms. The zero-order chi connectivity index (χ0) is 28.0. The summed E-state index contributed by atoms with van der Waals surface area (Å²) in [6.45, 7) is 12.4. The number of halogens is 1. The average Bonchev–Trinajstić information content (AvgIpc) is 2.82. The third-order valence-electron chi connectivity index (χ3n) is 6.78. The summed E-state index contributed by atoms with van der Waals surface area (Å²) < 4.78 is 10.1. The molecule has 2 aromatic rings. The summed E-state index contributed by atoms with van der Waals surface area (Å²) in [7, 11) is 2.73. The van der Waals surface area contributed by atoms with E-state index in [4.69, 9.17) is 21.1 Å². The molecule has 3 N–H and O–H groups in total. The quantitative estimate of drug-likeness (QED) is 0.307. The lowest BCUT2D eigenvalue weighted by Gasteiger charge is -2.40. The van der Waals surface area contributed by atoms with Crippen LogP contribution in [0.2, 0.25) is 5.02 Å². The maximum Gasteiger partial charge on any atom is 0.341 e. The SMILES string of the molecule is COC(=O)c1ccc(NC(=O)NC(C)(c2ccc(CCC(C)(C)C)c(Cl)c2)[C@H](CO)C(C)C)cc1OC. The Kier molecular flexibility index (Phi) is 10.4. The van der Waals surface area contributed by atoms with E-state index >= 15 is 0 Å². The lowest BCUT2D eigenvalue weighted by Crippen LogP contribution is -2.53. The minimum atomic E-state index is -0.921. The molecule has 0 radical (unpaired) electrons. The van der Waals surface area contributed by atoms with Crippen molar-refractivity contribution in [3.63, 3.8) is 0 Å². The van der Waals surface area contributed by atoms with Crippen molar-refractivity contribution in [3.05, 3.63) is 58.1 Å². The van der Waals surface area contributed by atoms with Gasteiger partial charge in [-0.15, -0.1) is 0 Å². The molecule has 0 spiro atoms. The van der Waals surface area contributed by atoms with Crippen LogP contribution in [-0.4, -0.2) is 37.9 Å². The van der Waals surface area contributed by atoms with E-state index in [0.29, 0.717) is 10.7 Å². The van der Waals surface area contributed by atoms with Gasteiger partial charge in [-0.25, -0.2) is 9.59 Å². The van der Waals surface area contributed by atoms with E-state index in [1.807, 2.05) is 39.0 Å². The molecule has 37 heavy (non-hydrogen) atoms. The van der Waals surface area contributed by atoms with Crippen LogP contribution >= 0.6 is 11.6 Å². The molecule has 0 aliphatic rings. The van der Waals surface area contributed by atoms with Gasteiger partial charge in [0.25, 0.3) is 0 Å². The minimum Gasteiger partial charge on any atom is -0.496 e. The number of aliphatic hydroxyl groups excluding tert-OH is 1. The van der Waals surface area contributed by atoms with Gasteiger partial charge in [0.1, 0.15) is 11.3 Å². The maximum atomic E-state index is 13.2. The standard InChI is InChI=1S/C29H41ClN2O5/c1-18(2)23(17-33)29(6,20-10-9-19(24(30)15-20)13-14-28(3,4)5)32-27(35)31-21-11-12-22(26(34)37-8)25(16-21)36-7/h9-12,15-16,18,23,33H,13-14,17H2,1-8H3,(H2,31,32,35)/t23-,29?/m1/s1. The van der Waals surface area contributed by atoms with Gasteiger partial charge in [0.2, 0.25) is 0 Å². The van der Waals surface area contributed by atoms with Crippen molar-refractivity contribution in [2.24, 2.45) is 17.3 Å². The number of methoxy groups -OCH3 is 2. The number of carbonyl (C=O) groups excluding carboxylic acids is 2. The molecule has 0 heterocycles. The molecule has 0 saturated heterocycles. The number of anilines is 1. The maximum absolute atomic E-state index is 13.2. The number of carbonyl (C=O) groups is 2. The topological polar surface area (TPSA) is 96.9 Å². The second-order valence-corrected chi connectivity index (χ2v) is 11.5. The minimum absolute atomic E-state index is 0.0640. The van der Waals surface area contributed by atoms with Gasteiger partial charge in [0, 0.05) is 29.3 Å². The van der Waals surface area contributed by atoms with Crippen LogP contribution < -0.4 is 15.4 Å². The molecule has 0 aromatic heterocycles. The van der Waals surface area contributed by atoms with Crippen molar-refractivity contribution in [2.45, 2.75) is 59.9 Å².